The van der Waals surface area contributed by atoms with Crippen molar-refractivity contribution in [3.63, 3.8) is 0 Å². The number of non-ortho nitro benzene ring substituents is 1. The molecule has 0 unspecified atom stereocenters. The number of amides is 1. The third-order valence-corrected chi connectivity index (χ3v) is 2.90. The molecule has 2 rings (SSSR count). The van der Waals surface area contributed by atoms with E-state index in [0.29, 0.717) is 18.8 Å². The summed E-state index contributed by atoms with van der Waals surface area (Å²) in [6.45, 7) is 1.32. The fraction of sp³-hybridized carbons (Fsp3) is 0.417. The molecular weight excluding hydrogens is 236 g/mol. The predicted molar refractivity (Wildman–Crippen MR) is 64.4 cm³/mol. The van der Waals surface area contributed by atoms with E-state index in [-0.39, 0.29) is 17.6 Å². The van der Waals surface area contributed by atoms with Gasteiger partial charge in [-0.25, -0.2) is 0 Å². The lowest BCUT2D eigenvalue weighted by Crippen LogP contribution is -2.38. The van der Waals surface area contributed by atoms with Gasteiger partial charge in [0.15, 0.2) is 0 Å². The average molecular weight is 250 g/mol. The van der Waals surface area contributed by atoms with Crippen LogP contribution >= 0.6 is 0 Å². The molecule has 1 amide bonds. The Balaban J connectivity index is 1.97. The predicted octanol–water partition coefficient (Wildman–Crippen LogP) is 1.50. The molecule has 1 saturated heterocycles. The Morgan fingerprint density at radius 3 is 2.44 bits per heavy atom. The summed E-state index contributed by atoms with van der Waals surface area (Å²) >= 11 is 0. The summed E-state index contributed by atoms with van der Waals surface area (Å²) in [7, 11) is 0. The molecule has 6 nitrogen and oxygen atoms in total. The summed E-state index contributed by atoms with van der Waals surface area (Å²) < 4.78 is 5.20. The molecule has 1 N–H and O–H groups in total. The van der Waals surface area contributed by atoms with Gasteiger partial charge in [-0.05, 0) is 25.0 Å². The van der Waals surface area contributed by atoms with Crippen LogP contribution < -0.4 is 5.32 Å². The lowest BCUT2D eigenvalue weighted by atomic mass is 10.1. The molecule has 96 valence electrons. The van der Waals surface area contributed by atoms with E-state index in [9.17, 15) is 14.9 Å². The molecule has 0 spiro atoms. The van der Waals surface area contributed by atoms with Crippen molar-refractivity contribution in [2.75, 3.05) is 13.2 Å². The summed E-state index contributed by atoms with van der Waals surface area (Å²) in [5.41, 5.74) is 0.421. The molecule has 18 heavy (non-hydrogen) atoms. The lowest BCUT2D eigenvalue weighted by molar-refractivity contribution is -0.384. The zero-order valence-electron chi connectivity index (χ0n) is 9.80. The monoisotopic (exact) mass is 250 g/mol. The maximum Gasteiger partial charge on any atom is 0.269 e. The number of nitrogens with zero attached hydrogens (tertiary/aromatic N) is 1. The van der Waals surface area contributed by atoms with Gasteiger partial charge in [-0.1, -0.05) is 0 Å². The first-order valence-corrected chi connectivity index (χ1v) is 5.80. The number of carbonyl (C=O) groups excluding carboxylic acids is 1. The van der Waals surface area contributed by atoms with Crippen molar-refractivity contribution in [1.29, 1.82) is 0 Å². The zero-order valence-corrected chi connectivity index (χ0v) is 9.80. The molecule has 1 aliphatic heterocycles. The summed E-state index contributed by atoms with van der Waals surface area (Å²) in [6.07, 6.45) is 1.61. The van der Waals surface area contributed by atoms with Gasteiger partial charge in [-0.3, -0.25) is 14.9 Å². The first-order valence-electron chi connectivity index (χ1n) is 5.80. The summed E-state index contributed by atoms with van der Waals surface area (Å²) in [5.74, 6) is -0.197. The Kier molecular flexibility index (Phi) is 3.88. The number of hydrogen-bond acceptors (Lipinski definition) is 4. The maximum atomic E-state index is 11.9. The van der Waals surface area contributed by atoms with Gasteiger partial charge in [0.1, 0.15) is 0 Å². The highest BCUT2D eigenvalue weighted by Gasteiger charge is 2.17. The third kappa shape index (κ3) is 3.04. The Labute approximate surface area is 104 Å². The fourth-order valence-electron chi connectivity index (χ4n) is 1.85. The van der Waals surface area contributed by atoms with Crippen molar-refractivity contribution in [2.24, 2.45) is 0 Å². The van der Waals surface area contributed by atoms with Gasteiger partial charge in [0.25, 0.3) is 11.6 Å². The number of ether oxygens (including phenoxy) is 1. The standard InChI is InChI=1S/C12H14N2O4/c15-12(13-10-5-7-18-8-6-10)9-1-3-11(4-2-9)14(16)17/h1-4,10H,5-8H2,(H,13,15). The van der Waals surface area contributed by atoms with Crippen LogP contribution in [0.15, 0.2) is 24.3 Å². The van der Waals surface area contributed by atoms with Crippen molar-refractivity contribution in [2.45, 2.75) is 18.9 Å². The number of nitrogens with one attached hydrogen (secondary N) is 1. The minimum Gasteiger partial charge on any atom is -0.381 e. The quantitative estimate of drug-likeness (QED) is 0.651. The van der Waals surface area contributed by atoms with E-state index in [0.717, 1.165) is 12.8 Å². The maximum absolute atomic E-state index is 11.9. The number of benzene rings is 1. The van der Waals surface area contributed by atoms with Crippen LogP contribution in [0.3, 0.4) is 0 Å². The molecule has 1 fully saturated rings. The van der Waals surface area contributed by atoms with Crippen molar-refractivity contribution in [3.8, 4) is 0 Å². The molecule has 0 aromatic heterocycles. The highest BCUT2D eigenvalue weighted by atomic mass is 16.6. The van der Waals surface area contributed by atoms with Crippen molar-refractivity contribution >= 4 is 11.6 Å². The molecule has 0 saturated carbocycles. The number of nitro benzene ring substituents is 1. The average Bonchev–Trinajstić information content (AvgIpc) is 2.40. The Morgan fingerprint density at radius 2 is 1.89 bits per heavy atom. The molecule has 0 aliphatic carbocycles. The lowest BCUT2D eigenvalue weighted by Gasteiger charge is -2.23. The Bertz CT molecular complexity index is 438. The van der Waals surface area contributed by atoms with E-state index >= 15 is 0 Å². The second-order valence-electron chi connectivity index (χ2n) is 4.16. The minimum atomic E-state index is -0.486. The van der Waals surface area contributed by atoms with Crippen LogP contribution in [0.5, 0.6) is 0 Å². The molecule has 1 aliphatic rings. The van der Waals surface area contributed by atoms with Gasteiger partial charge < -0.3 is 10.1 Å². The van der Waals surface area contributed by atoms with Gasteiger partial charge in [0, 0.05) is 37.0 Å². The molecule has 6 heteroatoms. The molecule has 1 aromatic carbocycles. The van der Waals surface area contributed by atoms with E-state index < -0.39 is 4.92 Å². The van der Waals surface area contributed by atoms with E-state index in [4.69, 9.17) is 4.74 Å². The SMILES string of the molecule is O=C(NC1CCOCC1)c1ccc([N+](=O)[O-])cc1. The van der Waals surface area contributed by atoms with Gasteiger partial charge in [-0.15, -0.1) is 0 Å². The summed E-state index contributed by atoms with van der Waals surface area (Å²) in [4.78, 5) is 21.9. The molecule has 1 heterocycles. The van der Waals surface area contributed by atoms with Gasteiger partial charge in [0.2, 0.25) is 0 Å². The molecular formula is C12H14N2O4. The first-order chi connectivity index (χ1) is 8.66. The van der Waals surface area contributed by atoms with Crippen LogP contribution in [-0.2, 0) is 4.74 Å². The largest absolute Gasteiger partial charge is 0.381 e. The summed E-state index contributed by atoms with van der Waals surface area (Å²) in [5, 5.41) is 13.4. The van der Waals surface area contributed by atoms with E-state index in [1.807, 2.05) is 0 Å². The van der Waals surface area contributed by atoms with Crippen LogP contribution in [0.25, 0.3) is 0 Å². The molecule has 0 atom stereocenters. The van der Waals surface area contributed by atoms with Crippen LogP contribution in [0, 0.1) is 10.1 Å². The topological polar surface area (TPSA) is 81.5 Å². The third-order valence-electron chi connectivity index (χ3n) is 2.90. The number of nitro groups is 1. The van der Waals surface area contributed by atoms with Gasteiger partial charge >= 0.3 is 0 Å². The number of rotatable bonds is 3. The Hall–Kier alpha value is -1.95. The zero-order chi connectivity index (χ0) is 13.0. The first kappa shape index (κ1) is 12.5. The normalized spacial score (nSPS) is 16.2. The number of carbonyl (C=O) groups is 1. The summed E-state index contributed by atoms with van der Waals surface area (Å²) in [6, 6.07) is 5.72. The van der Waals surface area contributed by atoms with Gasteiger partial charge in [-0.2, -0.15) is 0 Å². The molecule has 1 aromatic rings. The van der Waals surface area contributed by atoms with Crippen molar-refractivity contribution in [3.05, 3.63) is 39.9 Å². The van der Waals surface area contributed by atoms with Crippen molar-refractivity contribution < 1.29 is 14.5 Å². The van der Waals surface area contributed by atoms with Crippen LogP contribution in [0.4, 0.5) is 5.69 Å². The molecule has 0 radical (unpaired) electrons. The number of hydrogen-bond donors (Lipinski definition) is 1. The van der Waals surface area contributed by atoms with Crippen molar-refractivity contribution in [1.82, 2.24) is 5.32 Å². The highest BCUT2D eigenvalue weighted by Crippen LogP contribution is 2.13. The van der Waals surface area contributed by atoms with Crippen LogP contribution in [-0.4, -0.2) is 30.1 Å². The van der Waals surface area contributed by atoms with Crippen LogP contribution in [0.2, 0.25) is 0 Å². The van der Waals surface area contributed by atoms with Crippen LogP contribution in [0.1, 0.15) is 23.2 Å². The molecule has 0 bridgehead atoms. The van der Waals surface area contributed by atoms with E-state index in [1.165, 1.54) is 24.3 Å². The second kappa shape index (κ2) is 5.59. The Morgan fingerprint density at radius 1 is 1.28 bits per heavy atom. The highest BCUT2D eigenvalue weighted by molar-refractivity contribution is 5.94. The smallest absolute Gasteiger partial charge is 0.269 e. The van der Waals surface area contributed by atoms with E-state index in [1.54, 1.807) is 0 Å². The second-order valence-corrected chi connectivity index (χ2v) is 4.16. The fourth-order valence-corrected chi connectivity index (χ4v) is 1.85. The van der Waals surface area contributed by atoms with Gasteiger partial charge in [0.05, 0.1) is 4.92 Å². The minimum absolute atomic E-state index is 0.0161. The van der Waals surface area contributed by atoms with E-state index in [2.05, 4.69) is 5.32 Å².